The molecule has 1 spiro atoms. The Kier molecular flexibility index (Phi) is 4.84. The van der Waals surface area contributed by atoms with Gasteiger partial charge in [-0.1, -0.05) is 24.3 Å². The Balaban J connectivity index is 1.31. The van der Waals surface area contributed by atoms with E-state index in [1.54, 1.807) is 18.6 Å². The zero-order chi connectivity index (χ0) is 20.6. The first kappa shape index (κ1) is 19.0. The number of anilines is 1. The molecule has 1 saturated heterocycles. The molecular formula is C23H26N6O. The van der Waals surface area contributed by atoms with Crippen LogP contribution in [-0.2, 0) is 13.0 Å². The predicted octanol–water partition coefficient (Wildman–Crippen LogP) is 2.71. The van der Waals surface area contributed by atoms with Crippen LogP contribution in [0, 0.1) is 5.41 Å². The molecule has 3 heterocycles. The van der Waals surface area contributed by atoms with Crippen LogP contribution in [0.1, 0.15) is 47.0 Å². The zero-order valence-electron chi connectivity index (χ0n) is 16.8. The van der Waals surface area contributed by atoms with Gasteiger partial charge in [0.15, 0.2) is 5.82 Å². The summed E-state index contributed by atoms with van der Waals surface area (Å²) < 4.78 is 0. The quantitative estimate of drug-likeness (QED) is 0.620. The summed E-state index contributed by atoms with van der Waals surface area (Å²) in [5.41, 5.74) is 11.8. The van der Waals surface area contributed by atoms with Crippen LogP contribution < -0.4 is 10.6 Å². The first-order chi connectivity index (χ1) is 14.7. The number of H-pyrrole nitrogens is 1. The second kappa shape index (κ2) is 7.66. The van der Waals surface area contributed by atoms with Gasteiger partial charge in [-0.3, -0.25) is 5.10 Å². The van der Waals surface area contributed by atoms with Crippen LogP contribution in [0.15, 0.2) is 42.9 Å². The van der Waals surface area contributed by atoms with Crippen molar-refractivity contribution < 1.29 is 5.11 Å². The number of nitrogens with two attached hydrogens (primary N) is 1. The van der Waals surface area contributed by atoms with E-state index in [2.05, 4.69) is 49.3 Å². The van der Waals surface area contributed by atoms with Gasteiger partial charge in [0.05, 0.1) is 24.7 Å². The number of fused-ring (bicyclic) bond motifs is 1. The van der Waals surface area contributed by atoms with Crippen molar-refractivity contribution >= 4 is 18.0 Å². The first-order valence-corrected chi connectivity index (χ1v) is 10.4. The van der Waals surface area contributed by atoms with Gasteiger partial charge in [0.2, 0.25) is 0 Å². The molecule has 1 unspecified atom stereocenters. The highest BCUT2D eigenvalue weighted by atomic mass is 16.3. The van der Waals surface area contributed by atoms with Crippen LogP contribution in [-0.4, -0.2) is 38.4 Å². The Morgan fingerprint density at radius 3 is 2.77 bits per heavy atom. The smallest absolute Gasteiger partial charge is 0.152 e. The lowest BCUT2D eigenvalue weighted by Gasteiger charge is -2.42. The van der Waals surface area contributed by atoms with Crippen molar-refractivity contribution in [3.05, 3.63) is 70.9 Å². The number of aromatic nitrogens is 4. The number of aliphatic hydroxyl groups is 1. The molecular weight excluding hydrogens is 376 g/mol. The van der Waals surface area contributed by atoms with Crippen molar-refractivity contribution in [2.45, 2.75) is 31.9 Å². The summed E-state index contributed by atoms with van der Waals surface area (Å²) in [6.07, 6.45) is 12.2. The Labute approximate surface area is 175 Å². The van der Waals surface area contributed by atoms with Crippen molar-refractivity contribution in [1.82, 2.24) is 20.2 Å². The van der Waals surface area contributed by atoms with E-state index in [0.29, 0.717) is 11.4 Å². The van der Waals surface area contributed by atoms with Gasteiger partial charge in [-0.05, 0) is 48.0 Å². The minimum Gasteiger partial charge on any atom is -0.390 e. The summed E-state index contributed by atoms with van der Waals surface area (Å²) in [7, 11) is 0. The molecule has 1 aromatic carbocycles. The van der Waals surface area contributed by atoms with E-state index < -0.39 is 0 Å². The lowest BCUT2D eigenvalue weighted by Crippen LogP contribution is -2.45. The molecule has 2 aliphatic rings. The number of aromatic amines is 1. The third kappa shape index (κ3) is 3.30. The first-order valence-electron chi connectivity index (χ1n) is 10.4. The van der Waals surface area contributed by atoms with Crippen LogP contribution in [0.25, 0.3) is 12.2 Å². The molecule has 1 aliphatic heterocycles. The Morgan fingerprint density at radius 1 is 1.20 bits per heavy atom. The number of rotatable bonds is 4. The van der Waals surface area contributed by atoms with Gasteiger partial charge in [-0.2, -0.15) is 5.10 Å². The lowest BCUT2D eigenvalue weighted by molar-refractivity contribution is 0.186. The standard InChI is InChI=1S/C23H26N6O/c24-21-19-4-2-1-3-17(19)11-23(21)7-9-29(10-8-23)22-20(15-30)28-18(14-25-22)6-5-16-12-26-27-13-16/h1-6,12-14,21,30H,7-11,15,24H2,(H,26,27). The van der Waals surface area contributed by atoms with Gasteiger partial charge in [-0.15, -0.1) is 0 Å². The fourth-order valence-electron chi connectivity index (χ4n) is 4.89. The highest BCUT2D eigenvalue weighted by Gasteiger charge is 2.46. The van der Waals surface area contributed by atoms with Gasteiger partial charge < -0.3 is 15.7 Å². The Morgan fingerprint density at radius 2 is 2.03 bits per heavy atom. The van der Waals surface area contributed by atoms with Crippen molar-refractivity contribution in [3.63, 3.8) is 0 Å². The molecule has 2 aromatic heterocycles. The molecule has 7 heteroatoms. The van der Waals surface area contributed by atoms with E-state index in [9.17, 15) is 5.11 Å². The monoisotopic (exact) mass is 402 g/mol. The Bertz CT molecular complexity index is 1050. The summed E-state index contributed by atoms with van der Waals surface area (Å²) in [4.78, 5) is 11.5. The maximum Gasteiger partial charge on any atom is 0.152 e. The molecule has 1 atom stereocenters. The van der Waals surface area contributed by atoms with Crippen LogP contribution >= 0.6 is 0 Å². The molecule has 1 fully saturated rings. The highest BCUT2D eigenvalue weighted by Crippen LogP contribution is 2.50. The summed E-state index contributed by atoms with van der Waals surface area (Å²) in [6, 6.07) is 8.66. The molecule has 0 saturated carbocycles. The molecule has 7 nitrogen and oxygen atoms in total. The average Bonchev–Trinajstić information content (AvgIpc) is 3.40. The molecule has 0 bridgehead atoms. The number of hydrogen-bond donors (Lipinski definition) is 3. The highest BCUT2D eigenvalue weighted by molar-refractivity contribution is 5.67. The molecule has 4 N–H and O–H groups in total. The lowest BCUT2D eigenvalue weighted by atomic mass is 9.73. The normalized spacial score (nSPS) is 20.2. The average molecular weight is 403 g/mol. The summed E-state index contributed by atoms with van der Waals surface area (Å²) >= 11 is 0. The van der Waals surface area contributed by atoms with E-state index >= 15 is 0 Å². The predicted molar refractivity (Wildman–Crippen MR) is 116 cm³/mol. The number of nitrogens with zero attached hydrogens (tertiary/aromatic N) is 4. The third-order valence-electron chi connectivity index (χ3n) is 6.61. The number of hydrogen-bond acceptors (Lipinski definition) is 6. The largest absolute Gasteiger partial charge is 0.390 e. The maximum absolute atomic E-state index is 9.90. The van der Waals surface area contributed by atoms with E-state index in [4.69, 9.17) is 5.73 Å². The fourth-order valence-corrected chi connectivity index (χ4v) is 4.89. The second-order valence-corrected chi connectivity index (χ2v) is 8.29. The van der Waals surface area contributed by atoms with Crippen molar-refractivity contribution in [3.8, 4) is 0 Å². The van der Waals surface area contributed by atoms with Crippen LogP contribution in [0.5, 0.6) is 0 Å². The summed E-state index contributed by atoms with van der Waals surface area (Å²) in [6.45, 7) is 1.60. The number of benzene rings is 1. The molecule has 1 aliphatic carbocycles. The van der Waals surface area contributed by atoms with Crippen LogP contribution in [0.2, 0.25) is 0 Å². The topological polar surface area (TPSA) is 104 Å². The Hall–Kier alpha value is -3.03. The molecule has 30 heavy (non-hydrogen) atoms. The van der Waals surface area contributed by atoms with E-state index in [1.165, 1.54) is 11.1 Å². The number of nitrogens with one attached hydrogen (secondary N) is 1. The van der Waals surface area contributed by atoms with E-state index in [-0.39, 0.29) is 18.1 Å². The van der Waals surface area contributed by atoms with Gasteiger partial charge in [-0.25, -0.2) is 9.97 Å². The molecule has 154 valence electrons. The van der Waals surface area contributed by atoms with Crippen molar-refractivity contribution in [2.75, 3.05) is 18.0 Å². The number of piperidine rings is 1. The van der Waals surface area contributed by atoms with Crippen LogP contribution in [0.4, 0.5) is 5.82 Å². The van der Waals surface area contributed by atoms with Crippen molar-refractivity contribution in [2.24, 2.45) is 11.1 Å². The fraction of sp³-hybridized carbons (Fsp3) is 0.348. The third-order valence-corrected chi connectivity index (χ3v) is 6.61. The van der Waals surface area contributed by atoms with Gasteiger partial charge in [0.25, 0.3) is 0 Å². The SMILES string of the molecule is NC1c2ccccc2CC12CCN(c1ncc(C=Cc3cn[nH]c3)nc1CO)CC2. The van der Waals surface area contributed by atoms with Gasteiger partial charge in [0, 0.05) is 30.9 Å². The minimum absolute atomic E-state index is 0.0923. The molecule has 5 rings (SSSR count). The van der Waals surface area contributed by atoms with Crippen molar-refractivity contribution in [1.29, 1.82) is 0 Å². The molecule has 0 radical (unpaired) electrons. The van der Waals surface area contributed by atoms with Gasteiger partial charge in [0.1, 0.15) is 5.69 Å². The minimum atomic E-state index is -0.137. The maximum atomic E-state index is 9.90. The summed E-state index contributed by atoms with van der Waals surface area (Å²) in [5.74, 6) is 0.775. The summed E-state index contributed by atoms with van der Waals surface area (Å²) in [5, 5.41) is 16.6. The number of aliphatic hydroxyl groups excluding tert-OH is 1. The van der Waals surface area contributed by atoms with E-state index in [0.717, 1.165) is 43.7 Å². The van der Waals surface area contributed by atoms with Gasteiger partial charge >= 0.3 is 0 Å². The molecule has 3 aromatic rings. The zero-order valence-corrected chi connectivity index (χ0v) is 16.8. The second-order valence-electron chi connectivity index (χ2n) is 8.29. The van der Waals surface area contributed by atoms with Crippen LogP contribution in [0.3, 0.4) is 0 Å². The van der Waals surface area contributed by atoms with E-state index in [1.807, 2.05) is 12.2 Å². The molecule has 0 amide bonds.